The lowest BCUT2D eigenvalue weighted by Crippen LogP contribution is -2.38. The van der Waals surface area contributed by atoms with Crippen LogP contribution in [0.5, 0.6) is 0 Å². The summed E-state index contributed by atoms with van der Waals surface area (Å²) in [6.07, 6.45) is 2.87. The number of fused-ring (bicyclic) bond motifs is 1. The number of hydrogen-bond donors (Lipinski definition) is 0. The Morgan fingerprint density at radius 3 is 2.76 bits per heavy atom. The Balaban J connectivity index is 1.60. The molecule has 152 valence electrons. The van der Waals surface area contributed by atoms with Gasteiger partial charge in [0, 0.05) is 50.2 Å². The highest BCUT2D eigenvalue weighted by atomic mass is 16.2. The molecule has 2 aliphatic heterocycles. The second kappa shape index (κ2) is 7.93. The van der Waals surface area contributed by atoms with Gasteiger partial charge in [-0.05, 0) is 38.7 Å². The molecule has 4 rings (SSSR count). The highest BCUT2D eigenvalue weighted by Crippen LogP contribution is 2.32. The van der Waals surface area contributed by atoms with Gasteiger partial charge in [0.1, 0.15) is 11.6 Å². The van der Waals surface area contributed by atoms with Crippen LogP contribution in [-0.4, -0.2) is 46.3 Å². The first-order valence-corrected chi connectivity index (χ1v) is 10.4. The quantitative estimate of drug-likeness (QED) is 0.802. The van der Waals surface area contributed by atoms with Crippen LogP contribution in [0.1, 0.15) is 53.9 Å². The summed E-state index contributed by atoms with van der Waals surface area (Å²) in [5.41, 5.74) is 4.49. The molecule has 0 spiro atoms. The average Bonchev–Trinajstić information content (AvgIpc) is 3.18. The third kappa shape index (κ3) is 4.02. The molecule has 6 nitrogen and oxygen atoms in total. The van der Waals surface area contributed by atoms with Crippen LogP contribution in [0.25, 0.3) is 0 Å². The highest BCUT2D eigenvalue weighted by molar-refractivity contribution is 5.95. The molecular weight excluding hydrogens is 364 g/mol. The predicted molar refractivity (Wildman–Crippen MR) is 112 cm³/mol. The Morgan fingerprint density at radius 2 is 2.03 bits per heavy atom. The smallest absolute Gasteiger partial charge is 0.228 e. The maximum absolute atomic E-state index is 12.7. The molecule has 0 unspecified atom stereocenters. The van der Waals surface area contributed by atoms with Crippen molar-refractivity contribution in [2.24, 2.45) is 0 Å². The minimum Gasteiger partial charge on any atom is -0.342 e. The van der Waals surface area contributed by atoms with E-state index in [4.69, 9.17) is 9.97 Å². The van der Waals surface area contributed by atoms with Crippen LogP contribution in [0.15, 0.2) is 24.3 Å². The molecule has 0 bridgehead atoms. The number of hydrogen-bond acceptors (Lipinski definition) is 4. The van der Waals surface area contributed by atoms with Gasteiger partial charge < -0.3 is 4.90 Å². The van der Waals surface area contributed by atoms with E-state index in [1.165, 1.54) is 11.1 Å². The third-order valence-electron chi connectivity index (χ3n) is 6.06. The highest BCUT2D eigenvalue weighted by Gasteiger charge is 2.32. The lowest BCUT2D eigenvalue weighted by molar-refractivity contribution is -0.127. The Bertz CT molecular complexity index is 956. The summed E-state index contributed by atoms with van der Waals surface area (Å²) < 4.78 is 0. The average molecular weight is 393 g/mol. The summed E-state index contributed by atoms with van der Waals surface area (Å²) in [7, 11) is 0. The number of aromatic nitrogens is 2. The van der Waals surface area contributed by atoms with Gasteiger partial charge in [-0.1, -0.05) is 29.8 Å². The van der Waals surface area contributed by atoms with E-state index in [0.29, 0.717) is 25.9 Å². The normalized spacial score (nSPS) is 18.9. The van der Waals surface area contributed by atoms with Gasteiger partial charge in [-0.25, -0.2) is 9.97 Å². The Kier molecular flexibility index (Phi) is 5.35. The van der Waals surface area contributed by atoms with Crippen molar-refractivity contribution in [2.75, 3.05) is 24.5 Å². The maximum Gasteiger partial charge on any atom is 0.228 e. The first kappa shape index (κ1) is 19.6. The molecule has 1 aromatic carbocycles. The molecule has 1 atom stereocenters. The van der Waals surface area contributed by atoms with Crippen LogP contribution in [0.3, 0.4) is 0 Å². The standard InChI is InChI=1S/C23H28N4O2/c1-15-5-4-6-18(13-15)9-12-27-21(29)8-7-20-16(2)24-22(25-23(20)27)19-10-11-26(14-19)17(3)28/h4-6,13,19H,7-12,14H2,1-3H3/t19-/m1/s1. The van der Waals surface area contributed by atoms with Crippen molar-refractivity contribution in [3.63, 3.8) is 0 Å². The number of nitrogens with zero attached hydrogens (tertiary/aromatic N) is 4. The van der Waals surface area contributed by atoms with Crippen molar-refractivity contribution in [3.05, 3.63) is 52.5 Å². The van der Waals surface area contributed by atoms with Crippen molar-refractivity contribution in [1.29, 1.82) is 0 Å². The zero-order valence-electron chi connectivity index (χ0n) is 17.4. The fourth-order valence-corrected chi connectivity index (χ4v) is 4.38. The topological polar surface area (TPSA) is 66.4 Å². The second-order valence-electron chi connectivity index (χ2n) is 8.20. The van der Waals surface area contributed by atoms with E-state index in [9.17, 15) is 9.59 Å². The van der Waals surface area contributed by atoms with Gasteiger partial charge in [-0.3, -0.25) is 14.5 Å². The van der Waals surface area contributed by atoms with Gasteiger partial charge in [0.05, 0.1) is 0 Å². The van der Waals surface area contributed by atoms with E-state index < -0.39 is 0 Å². The van der Waals surface area contributed by atoms with E-state index in [1.54, 1.807) is 6.92 Å². The molecule has 1 fully saturated rings. The molecule has 3 heterocycles. The molecule has 2 aliphatic rings. The largest absolute Gasteiger partial charge is 0.342 e. The van der Waals surface area contributed by atoms with Crippen LogP contribution < -0.4 is 4.90 Å². The number of rotatable bonds is 4. The Hall–Kier alpha value is -2.76. The van der Waals surface area contributed by atoms with Gasteiger partial charge in [0.15, 0.2) is 0 Å². The second-order valence-corrected chi connectivity index (χ2v) is 8.20. The van der Waals surface area contributed by atoms with Crippen molar-refractivity contribution >= 4 is 17.6 Å². The molecule has 0 radical (unpaired) electrons. The van der Waals surface area contributed by atoms with Crippen molar-refractivity contribution in [1.82, 2.24) is 14.9 Å². The number of carbonyl (C=O) groups excluding carboxylic acids is 2. The first-order chi connectivity index (χ1) is 13.9. The van der Waals surface area contributed by atoms with Crippen LogP contribution >= 0.6 is 0 Å². The number of anilines is 1. The number of aryl methyl sites for hydroxylation is 2. The molecule has 1 saturated heterocycles. The molecule has 0 saturated carbocycles. The molecule has 2 aromatic rings. The minimum atomic E-state index is 0.0946. The lowest BCUT2D eigenvalue weighted by Gasteiger charge is -2.30. The summed E-state index contributed by atoms with van der Waals surface area (Å²) >= 11 is 0. The van der Waals surface area contributed by atoms with Crippen LogP contribution in [-0.2, 0) is 22.4 Å². The SMILES string of the molecule is CC(=O)N1CC[C@@H](c2nc(C)c3c(n2)N(CCc2cccc(C)c2)C(=O)CC3)C1. The van der Waals surface area contributed by atoms with Gasteiger partial charge in [-0.15, -0.1) is 0 Å². The zero-order valence-corrected chi connectivity index (χ0v) is 17.4. The summed E-state index contributed by atoms with van der Waals surface area (Å²) in [5, 5.41) is 0. The van der Waals surface area contributed by atoms with E-state index >= 15 is 0 Å². The number of carbonyl (C=O) groups is 2. The number of likely N-dealkylation sites (tertiary alicyclic amines) is 1. The van der Waals surface area contributed by atoms with Gasteiger partial charge in [-0.2, -0.15) is 0 Å². The van der Waals surface area contributed by atoms with E-state index in [2.05, 4.69) is 31.2 Å². The zero-order chi connectivity index (χ0) is 20.5. The van der Waals surface area contributed by atoms with Crippen molar-refractivity contribution in [3.8, 4) is 0 Å². The van der Waals surface area contributed by atoms with Gasteiger partial charge in [0.2, 0.25) is 11.8 Å². The molecular formula is C23H28N4O2. The van der Waals surface area contributed by atoms with Crippen LogP contribution in [0, 0.1) is 13.8 Å². The monoisotopic (exact) mass is 392 g/mol. The number of amides is 2. The van der Waals surface area contributed by atoms with Gasteiger partial charge in [0.25, 0.3) is 0 Å². The molecule has 6 heteroatoms. The van der Waals surface area contributed by atoms with Crippen LogP contribution in [0.4, 0.5) is 5.82 Å². The predicted octanol–water partition coefficient (Wildman–Crippen LogP) is 2.95. The van der Waals surface area contributed by atoms with E-state index in [-0.39, 0.29) is 17.7 Å². The van der Waals surface area contributed by atoms with Gasteiger partial charge >= 0.3 is 0 Å². The van der Waals surface area contributed by atoms with Crippen molar-refractivity contribution < 1.29 is 9.59 Å². The Morgan fingerprint density at radius 1 is 1.21 bits per heavy atom. The maximum atomic E-state index is 12.7. The summed E-state index contributed by atoms with van der Waals surface area (Å²) in [5.74, 6) is 1.90. The molecule has 0 N–H and O–H groups in total. The summed E-state index contributed by atoms with van der Waals surface area (Å²) in [6.45, 7) is 7.72. The third-order valence-corrected chi connectivity index (χ3v) is 6.06. The molecule has 1 aromatic heterocycles. The first-order valence-electron chi connectivity index (χ1n) is 10.4. The Labute approximate surface area is 172 Å². The minimum absolute atomic E-state index is 0.0946. The van der Waals surface area contributed by atoms with Crippen molar-refractivity contribution in [2.45, 2.75) is 52.4 Å². The number of benzene rings is 1. The lowest BCUT2D eigenvalue weighted by atomic mass is 10.0. The van der Waals surface area contributed by atoms with E-state index in [0.717, 1.165) is 42.3 Å². The molecule has 2 amide bonds. The van der Waals surface area contributed by atoms with Crippen LogP contribution in [0.2, 0.25) is 0 Å². The summed E-state index contributed by atoms with van der Waals surface area (Å²) in [4.78, 5) is 37.8. The fourth-order valence-electron chi connectivity index (χ4n) is 4.38. The fraction of sp³-hybridized carbons (Fsp3) is 0.478. The van der Waals surface area contributed by atoms with E-state index in [1.807, 2.05) is 16.7 Å². The molecule has 29 heavy (non-hydrogen) atoms. The summed E-state index contributed by atoms with van der Waals surface area (Å²) in [6, 6.07) is 8.41. The molecule has 0 aliphatic carbocycles.